The number of likely N-dealkylation sites (N-methyl/N-ethyl adjacent to an activating group) is 1. The number of hydrogen-bond donors (Lipinski definition) is 4. The Hall–Kier alpha value is -4.51. The summed E-state index contributed by atoms with van der Waals surface area (Å²) in [5, 5.41) is 10.9. The number of hydrogen-bond acceptors (Lipinski definition) is 9. The van der Waals surface area contributed by atoms with Crippen LogP contribution in [0.15, 0.2) is 43.0 Å². The molecule has 0 bridgehead atoms. The molecule has 1 unspecified atom stereocenters. The topological polar surface area (TPSA) is 204 Å². The average molecular weight is 832 g/mol. The second-order valence-corrected chi connectivity index (χ2v) is 20.2. The number of nitrogens with zero attached hydrogens (tertiary/aromatic N) is 3. The van der Waals surface area contributed by atoms with Gasteiger partial charge in [0.05, 0.1) is 6.04 Å². The number of likely N-dealkylation sites (tertiary alicyclic amines) is 1. The summed E-state index contributed by atoms with van der Waals surface area (Å²) in [5.41, 5.74) is -1.12. The molecule has 1 heterocycles. The third kappa shape index (κ3) is 11.6. The molecule has 1 aromatic rings. The van der Waals surface area contributed by atoms with Gasteiger partial charge in [-0.2, -0.15) is 17.0 Å². The first-order valence-corrected chi connectivity index (χ1v) is 21.2. The molecular weight excluding hydrogens is 767 g/mol. The van der Waals surface area contributed by atoms with E-state index in [4.69, 9.17) is 4.74 Å². The molecular formula is C41H65N7O9S. The van der Waals surface area contributed by atoms with Crippen LogP contribution in [0.1, 0.15) is 87.1 Å². The van der Waals surface area contributed by atoms with E-state index in [2.05, 4.69) is 27.8 Å². The maximum atomic E-state index is 14.5. The zero-order valence-corrected chi connectivity index (χ0v) is 36.8. The van der Waals surface area contributed by atoms with Crippen molar-refractivity contribution in [2.75, 3.05) is 33.7 Å². The van der Waals surface area contributed by atoms with Gasteiger partial charge in [-0.3, -0.25) is 19.2 Å². The van der Waals surface area contributed by atoms with Crippen molar-refractivity contribution in [2.24, 2.45) is 28.1 Å². The van der Waals surface area contributed by atoms with Crippen molar-refractivity contribution < 1.29 is 41.9 Å². The minimum Gasteiger partial charge on any atom is -0.444 e. The molecule has 2 aliphatic rings. The van der Waals surface area contributed by atoms with Crippen LogP contribution in [0.3, 0.4) is 0 Å². The highest BCUT2D eigenvalue weighted by atomic mass is 32.2. The number of ether oxygens (including phenoxy) is 1. The number of benzene rings is 1. The molecule has 1 aliphatic heterocycles. The third-order valence-corrected chi connectivity index (χ3v) is 13.0. The van der Waals surface area contributed by atoms with Crippen LogP contribution in [0.4, 0.5) is 9.59 Å². The lowest BCUT2D eigenvalue weighted by molar-refractivity contribution is -0.145. The number of Topliss-reactive ketones (excluding diaryl/α,β-unsaturated/α-hetero) is 1. The third-order valence-electron chi connectivity index (χ3n) is 11.3. The highest BCUT2D eigenvalue weighted by Crippen LogP contribution is 2.65. The standard InChI is InChI=1S/C41H65N7O9S/c1-13-15-21-28(32(49)35(51)42-22-14-2)43-34(50)31-30-27(41(30,9)10)23-48(31)36(52)33(40(6,7)8)45-37(53)44-29(39(3,4)5)24-46(11)58(55,56)47(12)38(54)57-25-26-19-17-16-18-20-26/h14,16-20,27-31,33H,2,13,15,21-25H2,1,3-12H3,(H,42,51)(H,43,50)(H2,44,45,53)/t27-,28?,29+,30-,31-,33+/m0/s1. The number of unbranched alkanes of at least 4 members (excludes halogenated alkanes) is 1. The van der Waals surface area contributed by atoms with Gasteiger partial charge in [-0.25, -0.2) is 9.59 Å². The van der Waals surface area contributed by atoms with Crippen molar-refractivity contribution in [1.82, 2.24) is 34.8 Å². The van der Waals surface area contributed by atoms with Gasteiger partial charge in [0.2, 0.25) is 17.6 Å². The summed E-state index contributed by atoms with van der Waals surface area (Å²) in [7, 11) is -2.01. The summed E-state index contributed by atoms with van der Waals surface area (Å²) >= 11 is 0. The number of fused-ring (bicyclic) bond motifs is 1. The number of ketones is 1. The first-order chi connectivity index (χ1) is 26.8. The van der Waals surface area contributed by atoms with Crippen molar-refractivity contribution in [3.8, 4) is 0 Å². The van der Waals surface area contributed by atoms with E-state index in [1.54, 1.807) is 51.1 Å². The monoisotopic (exact) mass is 831 g/mol. The van der Waals surface area contributed by atoms with Gasteiger partial charge in [0, 0.05) is 39.8 Å². The number of amides is 6. The molecule has 324 valence electrons. The molecule has 6 amide bonds. The van der Waals surface area contributed by atoms with Crippen LogP contribution in [0, 0.1) is 28.1 Å². The molecule has 4 N–H and O–H groups in total. The molecule has 3 rings (SSSR count). The smallest absolute Gasteiger partial charge is 0.424 e. The van der Waals surface area contributed by atoms with E-state index in [1.165, 1.54) is 18.0 Å². The summed E-state index contributed by atoms with van der Waals surface area (Å²) in [6, 6.07) is 4.10. The van der Waals surface area contributed by atoms with Crippen LogP contribution < -0.4 is 21.3 Å². The van der Waals surface area contributed by atoms with Crippen LogP contribution >= 0.6 is 0 Å². The number of carbonyl (C=O) groups is 6. The van der Waals surface area contributed by atoms with Gasteiger partial charge in [-0.1, -0.05) is 112 Å². The molecule has 0 radical (unpaired) electrons. The fraction of sp³-hybridized carbons (Fsp3) is 0.659. The first kappa shape index (κ1) is 47.9. The molecule has 1 aromatic carbocycles. The van der Waals surface area contributed by atoms with E-state index in [1.807, 2.05) is 41.5 Å². The van der Waals surface area contributed by atoms with E-state index < -0.39 is 80.8 Å². The number of carbonyl (C=O) groups excluding carboxylic acids is 6. The quantitative estimate of drug-likeness (QED) is 0.126. The van der Waals surface area contributed by atoms with Crippen molar-refractivity contribution in [3.63, 3.8) is 0 Å². The van der Waals surface area contributed by atoms with Gasteiger partial charge >= 0.3 is 22.3 Å². The highest BCUT2D eigenvalue weighted by molar-refractivity contribution is 7.87. The van der Waals surface area contributed by atoms with E-state index in [0.29, 0.717) is 16.3 Å². The minimum absolute atomic E-state index is 0.00108. The molecule has 1 saturated heterocycles. The summed E-state index contributed by atoms with van der Waals surface area (Å²) in [5.74, 6) is -2.86. The first-order valence-electron chi connectivity index (χ1n) is 19.8. The molecule has 0 spiro atoms. The molecule has 16 nitrogen and oxygen atoms in total. The van der Waals surface area contributed by atoms with Gasteiger partial charge < -0.3 is 30.9 Å². The normalized spacial score (nSPS) is 20.1. The van der Waals surface area contributed by atoms with E-state index in [0.717, 1.165) is 17.8 Å². The molecule has 58 heavy (non-hydrogen) atoms. The number of rotatable bonds is 18. The Morgan fingerprint density at radius 2 is 1.60 bits per heavy atom. The number of nitrogens with one attached hydrogen (secondary N) is 4. The zero-order chi connectivity index (χ0) is 44.0. The van der Waals surface area contributed by atoms with Gasteiger partial charge in [0.25, 0.3) is 5.91 Å². The Morgan fingerprint density at radius 1 is 0.983 bits per heavy atom. The SMILES string of the molecule is C=CCNC(=O)C(=O)C(CCCC)NC(=O)[C@@H]1[C@@H]2[C@H](CN1C(=O)[C@@H](NC(=O)N[C@H](CN(C)S(=O)(=O)N(C)C(=O)OCc1ccccc1)C(C)(C)C)C(C)(C)C)C2(C)C. The van der Waals surface area contributed by atoms with Gasteiger partial charge in [0.15, 0.2) is 0 Å². The Labute approximate surface area is 344 Å². The number of urea groups is 1. The molecule has 0 aromatic heterocycles. The number of piperidine rings is 1. The fourth-order valence-electron chi connectivity index (χ4n) is 7.30. The van der Waals surface area contributed by atoms with Crippen LogP contribution in [0.5, 0.6) is 0 Å². The predicted octanol–water partition coefficient (Wildman–Crippen LogP) is 3.59. The fourth-order valence-corrected chi connectivity index (χ4v) is 8.30. The van der Waals surface area contributed by atoms with Crippen molar-refractivity contribution in [3.05, 3.63) is 48.6 Å². The summed E-state index contributed by atoms with van der Waals surface area (Å²) in [6.07, 6.45) is 1.92. The van der Waals surface area contributed by atoms with E-state index >= 15 is 0 Å². The lowest BCUT2D eigenvalue weighted by atomic mass is 9.85. The van der Waals surface area contributed by atoms with Crippen LogP contribution in [-0.2, 0) is 40.7 Å². The zero-order valence-electron chi connectivity index (χ0n) is 36.0. The van der Waals surface area contributed by atoms with Crippen LogP contribution in [-0.4, -0.2) is 115 Å². The molecule has 1 saturated carbocycles. The van der Waals surface area contributed by atoms with Crippen molar-refractivity contribution >= 4 is 45.8 Å². The maximum Gasteiger partial charge on any atom is 0.424 e. The average Bonchev–Trinajstić information content (AvgIpc) is 3.44. The maximum absolute atomic E-state index is 14.5. The van der Waals surface area contributed by atoms with Crippen LogP contribution in [0.25, 0.3) is 0 Å². The second-order valence-electron chi connectivity index (χ2n) is 18.1. The van der Waals surface area contributed by atoms with Crippen molar-refractivity contribution in [2.45, 2.75) is 112 Å². The second kappa shape index (κ2) is 19.0. The van der Waals surface area contributed by atoms with Gasteiger partial charge in [-0.05, 0) is 40.1 Å². The largest absolute Gasteiger partial charge is 0.444 e. The minimum atomic E-state index is -4.38. The van der Waals surface area contributed by atoms with Gasteiger partial charge in [-0.15, -0.1) is 6.58 Å². The Bertz CT molecular complexity index is 1790. The predicted molar refractivity (Wildman–Crippen MR) is 220 cm³/mol. The summed E-state index contributed by atoms with van der Waals surface area (Å²) < 4.78 is 33.6. The Morgan fingerprint density at radius 3 is 2.16 bits per heavy atom. The highest BCUT2D eigenvalue weighted by Gasteiger charge is 2.70. The molecule has 1 aliphatic carbocycles. The Kier molecular flexibility index (Phi) is 15.7. The van der Waals surface area contributed by atoms with Crippen molar-refractivity contribution in [1.29, 1.82) is 0 Å². The molecule has 6 atom stereocenters. The molecule has 17 heteroatoms. The van der Waals surface area contributed by atoms with E-state index in [-0.39, 0.29) is 49.9 Å². The Balaban J connectivity index is 1.79. The van der Waals surface area contributed by atoms with E-state index in [9.17, 15) is 37.2 Å². The summed E-state index contributed by atoms with van der Waals surface area (Å²) in [4.78, 5) is 82.5. The molecule has 2 fully saturated rings. The lowest BCUT2D eigenvalue weighted by Crippen LogP contribution is -2.63. The lowest BCUT2D eigenvalue weighted by Gasteiger charge is -2.39. The van der Waals surface area contributed by atoms with Crippen LogP contribution in [0.2, 0.25) is 0 Å². The van der Waals surface area contributed by atoms with Gasteiger partial charge in [0.1, 0.15) is 18.7 Å². The summed E-state index contributed by atoms with van der Waals surface area (Å²) in [6.45, 7) is 20.3.